The van der Waals surface area contributed by atoms with E-state index >= 15 is 0 Å². The van der Waals surface area contributed by atoms with Crippen LogP contribution in [0, 0.1) is 11.1 Å². The zero-order valence-corrected chi connectivity index (χ0v) is 13.3. The Kier molecular flexibility index (Phi) is 4.12. The maximum Gasteiger partial charge on any atom is 0.338 e. The molecule has 0 unspecified atom stereocenters. The van der Waals surface area contributed by atoms with Gasteiger partial charge in [-0.15, -0.1) is 0 Å². The minimum atomic E-state index is -0.700. The zero-order chi connectivity index (χ0) is 16.6. The lowest BCUT2D eigenvalue weighted by molar-refractivity contribution is -0.906. The van der Waals surface area contributed by atoms with Crippen molar-refractivity contribution in [1.82, 2.24) is 0 Å². The summed E-state index contributed by atoms with van der Waals surface area (Å²) in [5.74, 6) is -1.64. The third-order valence-corrected chi connectivity index (χ3v) is 5.24. The van der Waals surface area contributed by atoms with E-state index in [-0.39, 0.29) is 6.04 Å². The van der Waals surface area contributed by atoms with Crippen LogP contribution in [0.15, 0.2) is 30.3 Å². The van der Waals surface area contributed by atoms with Crippen LogP contribution in [0.2, 0.25) is 0 Å². The molecule has 124 valence electrons. The minimum Gasteiger partial charge on any atom is -0.633 e. The van der Waals surface area contributed by atoms with Crippen molar-refractivity contribution in [3.63, 3.8) is 0 Å². The number of rotatable bonds is 3. The molecule has 23 heavy (non-hydrogen) atoms. The van der Waals surface area contributed by atoms with Crippen molar-refractivity contribution < 1.29 is 23.7 Å². The summed E-state index contributed by atoms with van der Waals surface area (Å²) in [4.78, 5) is 24.5. The average Bonchev–Trinajstić information content (AvgIpc) is 2.73. The molecule has 1 aromatic carbocycles. The van der Waals surface area contributed by atoms with Crippen molar-refractivity contribution in [2.24, 2.45) is 5.92 Å². The van der Waals surface area contributed by atoms with Gasteiger partial charge in [-0.2, -0.15) is 0 Å². The first-order valence-corrected chi connectivity index (χ1v) is 7.86. The van der Waals surface area contributed by atoms with E-state index in [0.29, 0.717) is 18.4 Å². The van der Waals surface area contributed by atoms with Gasteiger partial charge in [0.1, 0.15) is 18.1 Å². The molecule has 0 aliphatic carbocycles. The van der Waals surface area contributed by atoms with Gasteiger partial charge in [0.05, 0.1) is 25.8 Å². The molecule has 2 aliphatic rings. The van der Waals surface area contributed by atoms with Gasteiger partial charge in [0.2, 0.25) is 0 Å². The number of hydrogen-bond acceptors (Lipinski definition) is 5. The maximum absolute atomic E-state index is 12.8. The van der Waals surface area contributed by atoms with Crippen molar-refractivity contribution in [2.75, 3.05) is 14.2 Å². The first-order chi connectivity index (χ1) is 10.9. The van der Waals surface area contributed by atoms with E-state index in [4.69, 9.17) is 9.47 Å². The Morgan fingerprint density at radius 3 is 2.57 bits per heavy atom. The van der Waals surface area contributed by atoms with E-state index in [1.165, 1.54) is 7.11 Å². The number of ether oxygens (including phenoxy) is 2. The smallest absolute Gasteiger partial charge is 0.338 e. The number of carbonyl (C=O) groups excluding carboxylic acids is 2. The number of fused-ring (bicyclic) bond motifs is 2. The number of benzene rings is 1. The molecule has 0 aromatic heterocycles. The lowest BCUT2D eigenvalue weighted by atomic mass is 9.87. The number of carbonyl (C=O) groups is 2. The quantitative estimate of drug-likeness (QED) is 0.483. The minimum absolute atomic E-state index is 0.130. The summed E-state index contributed by atoms with van der Waals surface area (Å²) in [6.07, 6.45) is 1.20. The normalized spacial score (nSPS) is 35.6. The molecular formula is C17H21NO5. The third-order valence-electron chi connectivity index (χ3n) is 5.24. The fraction of sp³-hybridized carbons (Fsp3) is 0.529. The van der Waals surface area contributed by atoms with E-state index in [9.17, 15) is 14.8 Å². The molecular weight excluding hydrogens is 298 g/mol. The second-order valence-corrected chi connectivity index (χ2v) is 6.45. The van der Waals surface area contributed by atoms with Gasteiger partial charge in [0.25, 0.3) is 0 Å². The summed E-state index contributed by atoms with van der Waals surface area (Å²) in [7, 11) is 2.90. The van der Waals surface area contributed by atoms with Crippen molar-refractivity contribution in [2.45, 2.75) is 37.5 Å². The molecule has 2 saturated heterocycles. The Balaban J connectivity index is 1.83. The molecule has 0 spiro atoms. The SMILES string of the molecule is COC(=O)[C@H]1[C@@H](OC(=O)c2ccccc2)C[C@@H]2CC[C@H]1[N@+]2(C)[O-]. The Morgan fingerprint density at radius 2 is 1.91 bits per heavy atom. The van der Waals surface area contributed by atoms with Crippen LogP contribution in [0.5, 0.6) is 0 Å². The zero-order valence-electron chi connectivity index (χ0n) is 13.3. The van der Waals surface area contributed by atoms with E-state index in [1.807, 2.05) is 6.07 Å². The van der Waals surface area contributed by atoms with E-state index in [0.717, 1.165) is 6.42 Å². The molecule has 0 N–H and O–H groups in total. The summed E-state index contributed by atoms with van der Waals surface area (Å²) in [5.41, 5.74) is 0.438. The molecule has 3 rings (SSSR count). The molecule has 5 atom stereocenters. The van der Waals surface area contributed by atoms with Crippen LogP contribution >= 0.6 is 0 Å². The highest BCUT2D eigenvalue weighted by Crippen LogP contribution is 2.45. The van der Waals surface area contributed by atoms with Crippen molar-refractivity contribution >= 4 is 11.9 Å². The van der Waals surface area contributed by atoms with E-state index < -0.39 is 34.6 Å². The second-order valence-electron chi connectivity index (χ2n) is 6.45. The van der Waals surface area contributed by atoms with Crippen LogP contribution in [0.25, 0.3) is 0 Å². The highest BCUT2D eigenvalue weighted by atomic mass is 16.6. The Labute approximate surface area is 135 Å². The molecule has 2 aliphatic heterocycles. The summed E-state index contributed by atoms with van der Waals surface area (Å²) >= 11 is 0. The Hall–Kier alpha value is -1.92. The van der Waals surface area contributed by atoms with Gasteiger partial charge in [0, 0.05) is 19.3 Å². The number of hydroxylamine groups is 3. The monoisotopic (exact) mass is 319 g/mol. The van der Waals surface area contributed by atoms with Gasteiger partial charge in [0.15, 0.2) is 0 Å². The van der Waals surface area contributed by atoms with Crippen LogP contribution in [0.4, 0.5) is 0 Å². The molecule has 6 heteroatoms. The fourth-order valence-corrected chi connectivity index (χ4v) is 3.98. The third kappa shape index (κ3) is 2.72. The first-order valence-electron chi connectivity index (χ1n) is 7.86. The van der Waals surface area contributed by atoms with Gasteiger partial charge in [-0.3, -0.25) is 4.79 Å². The maximum atomic E-state index is 12.8. The van der Waals surface area contributed by atoms with Crippen molar-refractivity contribution in [3.8, 4) is 0 Å². The number of piperidine rings is 1. The lowest BCUT2D eigenvalue weighted by Gasteiger charge is -2.52. The Morgan fingerprint density at radius 1 is 1.22 bits per heavy atom. The topological polar surface area (TPSA) is 75.7 Å². The molecule has 2 fully saturated rings. The molecule has 0 amide bonds. The number of methoxy groups -OCH3 is 1. The summed E-state index contributed by atoms with van der Waals surface area (Å²) < 4.78 is 10.0. The first kappa shape index (κ1) is 16.0. The van der Waals surface area contributed by atoms with Gasteiger partial charge in [-0.1, -0.05) is 18.2 Å². The average molecular weight is 319 g/mol. The number of esters is 2. The number of nitrogens with zero attached hydrogens (tertiary/aromatic N) is 1. The molecule has 2 heterocycles. The van der Waals surface area contributed by atoms with Crippen LogP contribution in [-0.4, -0.2) is 48.9 Å². The van der Waals surface area contributed by atoms with Crippen molar-refractivity contribution in [1.29, 1.82) is 0 Å². The van der Waals surface area contributed by atoms with Crippen LogP contribution in [-0.2, 0) is 14.3 Å². The summed E-state index contributed by atoms with van der Waals surface area (Å²) in [6.45, 7) is 0. The van der Waals surface area contributed by atoms with Crippen molar-refractivity contribution in [3.05, 3.63) is 41.1 Å². The van der Waals surface area contributed by atoms with E-state index in [1.54, 1.807) is 31.3 Å². The predicted octanol–water partition coefficient (Wildman–Crippen LogP) is 1.88. The highest BCUT2D eigenvalue weighted by molar-refractivity contribution is 5.89. The number of quaternary nitrogens is 1. The Bertz CT molecular complexity index is 600. The number of hydrogen-bond donors (Lipinski definition) is 0. The molecule has 0 saturated carbocycles. The van der Waals surface area contributed by atoms with Gasteiger partial charge < -0.3 is 19.3 Å². The fourth-order valence-electron chi connectivity index (χ4n) is 3.98. The lowest BCUT2D eigenvalue weighted by Crippen LogP contribution is -2.61. The molecule has 2 bridgehead atoms. The van der Waals surface area contributed by atoms with Crippen LogP contribution in [0.1, 0.15) is 29.6 Å². The largest absolute Gasteiger partial charge is 0.633 e. The second kappa shape index (κ2) is 5.94. The summed E-state index contributed by atoms with van der Waals surface area (Å²) in [6, 6.07) is 8.12. The standard InChI is InChI=1S/C17H21NO5/c1-18(21)12-8-9-13(18)15(17(20)22-2)14(10-12)23-16(19)11-6-4-3-5-7-11/h3-7,12-15H,8-10H2,1-2H3/t12-,13+,14-,15+,18+/m0/s1. The summed E-state index contributed by atoms with van der Waals surface area (Å²) in [5, 5.41) is 12.8. The highest BCUT2D eigenvalue weighted by Gasteiger charge is 2.57. The molecule has 6 nitrogen and oxygen atoms in total. The molecule has 0 radical (unpaired) electrons. The molecule has 1 aromatic rings. The van der Waals surface area contributed by atoms with Gasteiger partial charge >= 0.3 is 11.9 Å². The van der Waals surface area contributed by atoms with Crippen LogP contribution in [0.3, 0.4) is 0 Å². The van der Waals surface area contributed by atoms with Gasteiger partial charge in [-0.05, 0) is 12.1 Å². The van der Waals surface area contributed by atoms with E-state index in [2.05, 4.69) is 0 Å². The van der Waals surface area contributed by atoms with Gasteiger partial charge in [-0.25, -0.2) is 4.79 Å². The van der Waals surface area contributed by atoms with Crippen LogP contribution < -0.4 is 0 Å². The predicted molar refractivity (Wildman–Crippen MR) is 82.1 cm³/mol.